The van der Waals surface area contributed by atoms with Crippen LogP contribution in [0.25, 0.3) is 0 Å². The number of likely N-dealkylation sites (N-methyl/N-ethyl adjacent to an activating group) is 1. The van der Waals surface area contributed by atoms with Gasteiger partial charge in [0.15, 0.2) is 0 Å². The van der Waals surface area contributed by atoms with E-state index in [0.717, 1.165) is 35.3 Å². The van der Waals surface area contributed by atoms with Gasteiger partial charge in [-0.3, -0.25) is 9.78 Å². The number of aryl methyl sites for hydroxylation is 3. The first-order valence-corrected chi connectivity index (χ1v) is 10.2. The summed E-state index contributed by atoms with van der Waals surface area (Å²) in [6.07, 6.45) is 3.58. The number of rotatable bonds is 8. The summed E-state index contributed by atoms with van der Waals surface area (Å²) in [5, 5.41) is 2.79. The van der Waals surface area contributed by atoms with Crippen molar-refractivity contribution in [2.75, 3.05) is 18.5 Å². The van der Waals surface area contributed by atoms with Crippen LogP contribution in [0.1, 0.15) is 34.8 Å². The number of anilines is 1. The number of hydrogen-bond acceptors (Lipinski definition) is 3. The Kier molecular flexibility index (Phi) is 7.17. The van der Waals surface area contributed by atoms with E-state index in [1.165, 1.54) is 6.07 Å². The summed E-state index contributed by atoms with van der Waals surface area (Å²) in [6.45, 7) is 4.36. The van der Waals surface area contributed by atoms with E-state index >= 15 is 0 Å². The van der Waals surface area contributed by atoms with Crippen molar-refractivity contribution in [3.63, 3.8) is 0 Å². The zero-order valence-corrected chi connectivity index (χ0v) is 17.7. The van der Waals surface area contributed by atoms with Crippen LogP contribution in [0.5, 0.6) is 0 Å². The molecular formula is C25H28FN3O. The lowest BCUT2D eigenvalue weighted by Crippen LogP contribution is -2.40. The Hall–Kier alpha value is -3.21. The molecule has 0 aliphatic heterocycles. The Morgan fingerprint density at radius 1 is 1.10 bits per heavy atom. The highest BCUT2D eigenvalue weighted by atomic mass is 19.1. The minimum absolute atomic E-state index is 0.0971. The van der Waals surface area contributed by atoms with Crippen molar-refractivity contribution in [1.29, 1.82) is 0 Å². The molecule has 1 heterocycles. The molecule has 0 aliphatic rings. The van der Waals surface area contributed by atoms with E-state index < -0.39 is 6.04 Å². The van der Waals surface area contributed by atoms with Crippen LogP contribution in [-0.2, 0) is 11.2 Å². The number of carbonyl (C=O) groups is 1. The summed E-state index contributed by atoms with van der Waals surface area (Å²) in [7, 11) is 1.64. The van der Waals surface area contributed by atoms with Gasteiger partial charge in [0.1, 0.15) is 11.9 Å². The molecule has 0 saturated carbocycles. The van der Waals surface area contributed by atoms with Gasteiger partial charge >= 0.3 is 0 Å². The van der Waals surface area contributed by atoms with E-state index in [0.29, 0.717) is 12.1 Å². The summed E-state index contributed by atoms with van der Waals surface area (Å²) in [6, 6.07) is 18.3. The third-order valence-electron chi connectivity index (χ3n) is 5.23. The average molecular weight is 406 g/mol. The summed E-state index contributed by atoms with van der Waals surface area (Å²) >= 11 is 0. The van der Waals surface area contributed by atoms with Crippen molar-refractivity contribution in [3.8, 4) is 0 Å². The van der Waals surface area contributed by atoms with E-state index in [-0.39, 0.29) is 11.7 Å². The lowest BCUT2D eigenvalue weighted by molar-refractivity contribution is -0.122. The number of halogens is 1. The van der Waals surface area contributed by atoms with Gasteiger partial charge in [-0.2, -0.15) is 0 Å². The number of hydrogen-bond donors (Lipinski definition) is 1. The zero-order valence-electron chi connectivity index (χ0n) is 17.7. The van der Waals surface area contributed by atoms with E-state index in [9.17, 15) is 9.18 Å². The number of amides is 1. The molecule has 3 aromatic rings. The summed E-state index contributed by atoms with van der Waals surface area (Å²) in [4.78, 5) is 19.3. The predicted octanol–water partition coefficient (Wildman–Crippen LogP) is 4.76. The molecule has 3 rings (SSSR count). The molecule has 1 N–H and O–H groups in total. The van der Waals surface area contributed by atoms with Gasteiger partial charge in [-0.15, -0.1) is 0 Å². The van der Waals surface area contributed by atoms with Gasteiger partial charge in [0, 0.05) is 31.2 Å². The Morgan fingerprint density at radius 2 is 1.87 bits per heavy atom. The molecule has 0 saturated heterocycles. The van der Waals surface area contributed by atoms with Crippen molar-refractivity contribution in [2.45, 2.75) is 32.7 Å². The van der Waals surface area contributed by atoms with Crippen molar-refractivity contribution >= 4 is 11.6 Å². The number of aromatic nitrogens is 1. The van der Waals surface area contributed by atoms with Crippen LogP contribution in [0, 0.1) is 19.7 Å². The molecule has 1 aromatic heterocycles. The molecule has 0 radical (unpaired) electrons. The molecular weight excluding hydrogens is 377 g/mol. The molecule has 1 unspecified atom stereocenters. The van der Waals surface area contributed by atoms with Crippen LogP contribution >= 0.6 is 0 Å². The fraction of sp³-hybridized carbons (Fsp3) is 0.280. The smallest absolute Gasteiger partial charge is 0.247 e. The molecule has 0 aliphatic carbocycles. The van der Waals surface area contributed by atoms with E-state index in [1.54, 1.807) is 20.0 Å². The standard InChI is InChI=1S/C25H28FN3O/c1-18-16-22(13-14-23(18)26)29(15-7-8-20-12-11-19(2)28-17-20)24(25(30)27-3)21-9-5-4-6-10-21/h4-6,9-14,16-17,24H,7-8,15H2,1-3H3,(H,27,30). The Morgan fingerprint density at radius 3 is 2.50 bits per heavy atom. The lowest BCUT2D eigenvalue weighted by atomic mass is 10.0. The molecule has 0 fully saturated rings. The van der Waals surface area contributed by atoms with Gasteiger partial charge in [-0.1, -0.05) is 36.4 Å². The third kappa shape index (κ3) is 5.23. The highest BCUT2D eigenvalue weighted by Gasteiger charge is 2.27. The molecule has 2 aromatic carbocycles. The quantitative estimate of drug-likeness (QED) is 0.587. The van der Waals surface area contributed by atoms with Crippen LogP contribution in [0.15, 0.2) is 66.9 Å². The zero-order chi connectivity index (χ0) is 21.5. The van der Waals surface area contributed by atoms with E-state index in [1.807, 2.05) is 55.6 Å². The van der Waals surface area contributed by atoms with Crippen LogP contribution in [-0.4, -0.2) is 24.5 Å². The van der Waals surface area contributed by atoms with Gasteiger partial charge in [-0.25, -0.2) is 4.39 Å². The molecule has 1 atom stereocenters. The SMILES string of the molecule is CNC(=O)C(c1ccccc1)N(CCCc1ccc(C)nc1)c1ccc(F)c(C)c1. The lowest BCUT2D eigenvalue weighted by Gasteiger charge is -2.33. The van der Waals surface area contributed by atoms with Crippen molar-refractivity contribution < 1.29 is 9.18 Å². The van der Waals surface area contributed by atoms with Gasteiger partial charge in [0.05, 0.1) is 0 Å². The molecule has 30 heavy (non-hydrogen) atoms. The molecule has 0 spiro atoms. The Labute approximate surface area is 177 Å². The number of nitrogens with zero attached hydrogens (tertiary/aromatic N) is 2. The van der Waals surface area contributed by atoms with Crippen LogP contribution in [0.3, 0.4) is 0 Å². The molecule has 1 amide bonds. The highest BCUT2D eigenvalue weighted by molar-refractivity contribution is 5.86. The molecule has 4 nitrogen and oxygen atoms in total. The normalized spacial score (nSPS) is 11.7. The van der Waals surface area contributed by atoms with E-state index in [4.69, 9.17) is 0 Å². The molecule has 5 heteroatoms. The second-order valence-corrected chi connectivity index (χ2v) is 7.47. The fourth-order valence-electron chi connectivity index (χ4n) is 3.56. The number of carbonyl (C=O) groups excluding carboxylic acids is 1. The van der Waals surface area contributed by atoms with Crippen LogP contribution in [0.2, 0.25) is 0 Å². The number of benzene rings is 2. The first-order valence-electron chi connectivity index (χ1n) is 10.2. The van der Waals surface area contributed by atoms with Crippen LogP contribution in [0.4, 0.5) is 10.1 Å². The topological polar surface area (TPSA) is 45.2 Å². The highest BCUT2D eigenvalue weighted by Crippen LogP contribution is 2.29. The minimum Gasteiger partial charge on any atom is -0.357 e. The maximum absolute atomic E-state index is 13.9. The fourth-order valence-corrected chi connectivity index (χ4v) is 3.56. The monoisotopic (exact) mass is 405 g/mol. The van der Waals surface area contributed by atoms with Crippen molar-refractivity contribution in [1.82, 2.24) is 10.3 Å². The summed E-state index contributed by atoms with van der Waals surface area (Å²) in [5.74, 6) is -0.346. The average Bonchev–Trinajstić information content (AvgIpc) is 2.76. The summed E-state index contributed by atoms with van der Waals surface area (Å²) < 4.78 is 13.9. The number of nitrogens with one attached hydrogen (secondary N) is 1. The van der Waals surface area contributed by atoms with Crippen molar-refractivity contribution in [2.24, 2.45) is 0 Å². The van der Waals surface area contributed by atoms with Gasteiger partial charge < -0.3 is 10.2 Å². The molecule has 0 bridgehead atoms. The first-order chi connectivity index (χ1) is 14.5. The van der Waals surface area contributed by atoms with Crippen LogP contribution < -0.4 is 10.2 Å². The Balaban J connectivity index is 1.91. The third-order valence-corrected chi connectivity index (χ3v) is 5.23. The number of pyridine rings is 1. The predicted molar refractivity (Wildman–Crippen MR) is 119 cm³/mol. The maximum atomic E-state index is 13.9. The Bertz CT molecular complexity index is 973. The second-order valence-electron chi connectivity index (χ2n) is 7.47. The first kappa shape index (κ1) is 21.5. The van der Waals surface area contributed by atoms with E-state index in [2.05, 4.69) is 21.3 Å². The molecule has 156 valence electrons. The van der Waals surface area contributed by atoms with Gasteiger partial charge in [-0.05, 0) is 67.6 Å². The maximum Gasteiger partial charge on any atom is 0.247 e. The van der Waals surface area contributed by atoms with Gasteiger partial charge in [0.2, 0.25) is 5.91 Å². The summed E-state index contributed by atoms with van der Waals surface area (Å²) in [5.41, 5.74) is 4.44. The van der Waals surface area contributed by atoms with Crippen molar-refractivity contribution in [3.05, 3.63) is 95.1 Å². The minimum atomic E-state index is -0.503. The largest absolute Gasteiger partial charge is 0.357 e. The van der Waals surface area contributed by atoms with Gasteiger partial charge in [0.25, 0.3) is 0 Å². The second kappa shape index (κ2) is 10.0.